The molecule has 2 atom stereocenters. The maximum absolute atomic E-state index is 11.7. The van der Waals surface area contributed by atoms with Crippen LogP contribution in [0.2, 0.25) is 0 Å². The number of rotatable bonds is 7. The lowest BCUT2D eigenvalue weighted by molar-refractivity contribution is -0.121. The average Bonchev–Trinajstić information content (AvgIpc) is 2.37. The minimum absolute atomic E-state index is 0.0516. The third-order valence-corrected chi connectivity index (χ3v) is 2.84. The number of nitrogens with two attached hydrogens (primary N) is 1. The average molecular weight is 246 g/mol. The molecule has 0 aliphatic rings. The number of carbonyl (C=O) groups is 1. The molecule has 0 saturated carbocycles. The van der Waals surface area contributed by atoms with Crippen LogP contribution in [0.5, 0.6) is 0 Å². The fraction of sp³-hybridized carbons (Fsp3) is 0.400. The van der Waals surface area contributed by atoms with Crippen LogP contribution in [0.4, 0.5) is 0 Å². The normalized spacial score (nSPS) is 13.7. The van der Waals surface area contributed by atoms with E-state index in [1.54, 1.807) is 6.08 Å². The van der Waals surface area contributed by atoms with Crippen LogP contribution in [-0.2, 0) is 4.79 Å². The molecule has 1 aromatic rings. The molecule has 3 nitrogen and oxygen atoms in total. The molecule has 1 aromatic carbocycles. The van der Waals surface area contributed by atoms with Gasteiger partial charge in [0.15, 0.2) is 0 Å². The Kier molecular flexibility index (Phi) is 6.15. The number of nitrogens with one attached hydrogen (secondary N) is 1. The summed E-state index contributed by atoms with van der Waals surface area (Å²) < 4.78 is 0. The van der Waals surface area contributed by atoms with E-state index in [2.05, 4.69) is 11.9 Å². The van der Waals surface area contributed by atoms with Gasteiger partial charge in [-0.25, -0.2) is 0 Å². The van der Waals surface area contributed by atoms with Crippen molar-refractivity contribution in [2.75, 3.05) is 0 Å². The van der Waals surface area contributed by atoms with E-state index in [0.29, 0.717) is 12.8 Å². The second-order valence-electron chi connectivity index (χ2n) is 4.55. The molecule has 3 N–H and O–H groups in total. The van der Waals surface area contributed by atoms with Crippen LogP contribution in [0.3, 0.4) is 0 Å². The smallest absolute Gasteiger partial charge is 0.220 e. The predicted octanol–water partition coefficient (Wildman–Crippen LogP) is 2.55. The SMILES string of the molecule is C=CCC(C)NC(=O)CCC(N)c1ccccc1. The Morgan fingerprint density at radius 1 is 1.44 bits per heavy atom. The van der Waals surface area contributed by atoms with Gasteiger partial charge >= 0.3 is 0 Å². The molecule has 0 bridgehead atoms. The standard InChI is InChI=1S/C15H22N2O/c1-3-7-12(2)17-15(18)11-10-14(16)13-8-5-4-6-9-13/h3-6,8-9,12,14H,1,7,10-11,16H2,2H3,(H,17,18). The number of hydrogen-bond acceptors (Lipinski definition) is 2. The van der Waals surface area contributed by atoms with Gasteiger partial charge in [-0.15, -0.1) is 6.58 Å². The molecular formula is C15H22N2O. The summed E-state index contributed by atoms with van der Waals surface area (Å²) in [6.45, 7) is 5.62. The first kappa shape index (κ1) is 14.5. The van der Waals surface area contributed by atoms with E-state index >= 15 is 0 Å². The lowest BCUT2D eigenvalue weighted by Crippen LogP contribution is -2.32. The highest BCUT2D eigenvalue weighted by Crippen LogP contribution is 2.14. The molecule has 0 aromatic heterocycles. The molecule has 2 unspecified atom stereocenters. The van der Waals surface area contributed by atoms with Crippen LogP contribution in [0.1, 0.15) is 37.8 Å². The molecule has 0 aliphatic carbocycles. The molecular weight excluding hydrogens is 224 g/mol. The van der Waals surface area contributed by atoms with Crippen molar-refractivity contribution >= 4 is 5.91 Å². The number of benzene rings is 1. The van der Waals surface area contributed by atoms with Crippen molar-refractivity contribution in [3.05, 3.63) is 48.6 Å². The molecule has 1 rings (SSSR count). The van der Waals surface area contributed by atoms with Crippen molar-refractivity contribution in [3.8, 4) is 0 Å². The van der Waals surface area contributed by atoms with E-state index in [-0.39, 0.29) is 18.0 Å². The summed E-state index contributed by atoms with van der Waals surface area (Å²) in [5.41, 5.74) is 7.11. The Labute approximate surface area is 109 Å². The summed E-state index contributed by atoms with van der Waals surface area (Å²) >= 11 is 0. The molecule has 0 fully saturated rings. The van der Waals surface area contributed by atoms with Crippen LogP contribution in [-0.4, -0.2) is 11.9 Å². The number of carbonyl (C=O) groups excluding carboxylic acids is 1. The fourth-order valence-electron chi connectivity index (χ4n) is 1.81. The largest absolute Gasteiger partial charge is 0.353 e. The molecule has 0 aliphatic heterocycles. The van der Waals surface area contributed by atoms with Gasteiger partial charge in [-0.2, -0.15) is 0 Å². The summed E-state index contributed by atoms with van der Waals surface area (Å²) in [6.07, 6.45) is 3.71. The van der Waals surface area contributed by atoms with Gasteiger partial charge in [0.25, 0.3) is 0 Å². The summed E-state index contributed by atoms with van der Waals surface area (Å²) in [5.74, 6) is 0.0516. The van der Waals surface area contributed by atoms with E-state index in [1.807, 2.05) is 37.3 Å². The van der Waals surface area contributed by atoms with Crippen molar-refractivity contribution in [3.63, 3.8) is 0 Å². The van der Waals surface area contributed by atoms with Gasteiger partial charge in [0.1, 0.15) is 0 Å². The molecule has 98 valence electrons. The van der Waals surface area contributed by atoms with Crippen molar-refractivity contribution in [1.29, 1.82) is 0 Å². The fourth-order valence-corrected chi connectivity index (χ4v) is 1.81. The maximum Gasteiger partial charge on any atom is 0.220 e. The maximum atomic E-state index is 11.7. The molecule has 0 heterocycles. The van der Waals surface area contributed by atoms with Crippen LogP contribution >= 0.6 is 0 Å². The van der Waals surface area contributed by atoms with Crippen molar-refractivity contribution < 1.29 is 4.79 Å². The predicted molar refractivity (Wildman–Crippen MR) is 75.0 cm³/mol. The van der Waals surface area contributed by atoms with Gasteiger partial charge in [-0.05, 0) is 25.3 Å². The summed E-state index contributed by atoms with van der Waals surface area (Å²) in [7, 11) is 0. The second kappa shape index (κ2) is 7.67. The van der Waals surface area contributed by atoms with Crippen molar-refractivity contribution in [2.45, 2.75) is 38.3 Å². The number of amides is 1. The summed E-state index contributed by atoms with van der Waals surface area (Å²) in [6, 6.07) is 9.92. The Morgan fingerprint density at radius 3 is 2.72 bits per heavy atom. The van der Waals surface area contributed by atoms with Gasteiger partial charge < -0.3 is 11.1 Å². The Morgan fingerprint density at radius 2 is 2.11 bits per heavy atom. The van der Waals surface area contributed by atoms with Crippen LogP contribution in [0.15, 0.2) is 43.0 Å². The Hall–Kier alpha value is -1.61. The van der Waals surface area contributed by atoms with Gasteiger partial charge in [0.05, 0.1) is 0 Å². The highest BCUT2D eigenvalue weighted by atomic mass is 16.1. The summed E-state index contributed by atoms with van der Waals surface area (Å²) in [4.78, 5) is 11.7. The van der Waals surface area contributed by atoms with Crippen molar-refractivity contribution in [1.82, 2.24) is 5.32 Å². The van der Waals surface area contributed by atoms with Crippen LogP contribution < -0.4 is 11.1 Å². The molecule has 0 radical (unpaired) electrons. The van der Waals surface area contributed by atoms with E-state index < -0.39 is 0 Å². The van der Waals surface area contributed by atoms with E-state index in [0.717, 1.165) is 12.0 Å². The van der Waals surface area contributed by atoms with E-state index in [4.69, 9.17) is 5.73 Å². The minimum Gasteiger partial charge on any atom is -0.353 e. The zero-order valence-electron chi connectivity index (χ0n) is 10.9. The van der Waals surface area contributed by atoms with E-state index in [1.165, 1.54) is 0 Å². The third kappa shape index (κ3) is 5.15. The van der Waals surface area contributed by atoms with Gasteiger partial charge in [0.2, 0.25) is 5.91 Å². The van der Waals surface area contributed by atoms with Gasteiger partial charge in [-0.1, -0.05) is 36.4 Å². The monoisotopic (exact) mass is 246 g/mol. The van der Waals surface area contributed by atoms with Gasteiger partial charge in [0, 0.05) is 18.5 Å². The molecule has 0 spiro atoms. The lowest BCUT2D eigenvalue weighted by Gasteiger charge is -2.14. The second-order valence-corrected chi connectivity index (χ2v) is 4.55. The highest BCUT2D eigenvalue weighted by molar-refractivity contribution is 5.76. The third-order valence-electron chi connectivity index (χ3n) is 2.84. The quantitative estimate of drug-likeness (QED) is 0.726. The molecule has 1 amide bonds. The van der Waals surface area contributed by atoms with Crippen LogP contribution in [0.25, 0.3) is 0 Å². The minimum atomic E-state index is -0.0772. The molecule has 18 heavy (non-hydrogen) atoms. The first-order valence-electron chi connectivity index (χ1n) is 6.34. The first-order chi connectivity index (χ1) is 8.63. The topological polar surface area (TPSA) is 55.1 Å². The zero-order chi connectivity index (χ0) is 13.4. The van der Waals surface area contributed by atoms with Crippen LogP contribution in [0, 0.1) is 0 Å². The summed E-state index contributed by atoms with van der Waals surface area (Å²) in [5, 5.41) is 2.92. The Bertz CT molecular complexity index is 375. The van der Waals surface area contributed by atoms with E-state index in [9.17, 15) is 4.79 Å². The van der Waals surface area contributed by atoms with Gasteiger partial charge in [-0.3, -0.25) is 4.79 Å². The molecule has 0 saturated heterocycles. The lowest BCUT2D eigenvalue weighted by atomic mass is 10.0. The zero-order valence-corrected chi connectivity index (χ0v) is 10.9. The Balaban J connectivity index is 2.32. The molecule has 3 heteroatoms. The first-order valence-corrected chi connectivity index (χ1v) is 6.34. The van der Waals surface area contributed by atoms with Crippen molar-refractivity contribution in [2.24, 2.45) is 5.73 Å². The highest BCUT2D eigenvalue weighted by Gasteiger charge is 2.10. The number of hydrogen-bond donors (Lipinski definition) is 2.